The third kappa shape index (κ3) is 2.97. The van der Waals surface area contributed by atoms with E-state index in [0.29, 0.717) is 6.04 Å². The van der Waals surface area contributed by atoms with Crippen molar-refractivity contribution in [1.82, 2.24) is 4.98 Å². The number of pyridine rings is 1. The largest absolute Gasteiger partial charge is 0.380 e. The molecule has 1 aromatic heterocycles. The van der Waals surface area contributed by atoms with Gasteiger partial charge >= 0.3 is 0 Å². The molecule has 1 fully saturated rings. The SMILES string of the molecule is CCC1CCCC(Nc2cccnc2Br)C1. The van der Waals surface area contributed by atoms with Gasteiger partial charge in [-0.2, -0.15) is 0 Å². The number of anilines is 1. The van der Waals surface area contributed by atoms with Crippen molar-refractivity contribution >= 4 is 21.6 Å². The molecular weight excluding hydrogens is 264 g/mol. The molecular formula is C13H19BrN2. The third-order valence-electron chi connectivity index (χ3n) is 3.48. The molecule has 0 saturated heterocycles. The summed E-state index contributed by atoms with van der Waals surface area (Å²) in [4.78, 5) is 4.24. The molecule has 0 bridgehead atoms. The van der Waals surface area contributed by atoms with Crippen LogP contribution in [-0.4, -0.2) is 11.0 Å². The Morgan fingerprint density at radius 3 is 3.12 bits per heavy atom. The van der Waals surface area contributed by atoms with Gasteiger partial charge in [0.05, 0.1) is 5.69 Å². The standard InChI is InChI=1S/C13H19BrN2/c1-2-10-5-3-6-11(9-10)16-12-7-4-8-15-13(12)14/h4,7-8,10-11,16H,2-3,5-6,9H2,1H3. The number of hydrogen-bond donors (Lipinski definition) is 1. The zero-order valence-corrected chi connectivity index (χ0v) is 11.3. The molecule has 16 heavy (non-hydrogen) atoms. The number of nitrogens with one attached hydrogen (secondary N) is 1. The van der Waals surface area contributed by atoms with E-state index in [1.54, 1.807) is 0 Å². The molecule has 1 aromatic rings. The highest BCUT2D eigenvalue weighted by Crippen LogP contribution is 2.30. The van der Waals surface area contributed by atoms with Crippen molar-refractivity contribution in [3.63, 3.8) is 0 Å². The first-order valence-electron chi connectivity index (χ1n) is 6.16. The molecule has 88 valence electrons. The molecule has 0 aromatic carbocycles. The first kappa shape index (κ1) is 11.9. The van der Waals surface area contributed by atoms with E-state index < -0.39 is 0 Å². The summed E-state index contributed by atoms with van der Waals surface area (Å²) in [5, 5.41) is 3.60. The van der Waals surface area contributed by atoms with Crippen LogP contribution in [0.25, 0.3) is 0 Å². The Kier molecular flexibility index (Phi) is 4.22. The smallest absolute Gasteiger partial charge is 0.129 e. The van der Waals surface area contributed by atoms with E-state index in [2.05, 4.69) is 39.2 Å². The fourth-order valence-electron chi connectivity index (χ4n) is 2.51. The fourth-order valence-corrected chi connectivity index (χ4v) is 2.87. The van der Waals surface area contributed by atoms with Crippen molar-refractivity contribution in [2.45, 2.75) is 45.1 Å². The van der Waals surface area contributed by atoms with Crippen LogP contribution in [0.4, 0.5) is 5.69 Å². The maximum atomic E-state index is 4.24. The van der Waals surface area contributed by atoms with Gasteiger partial charge in [0.2, 0.25) is 0 Å². The van der Waals surface area contributed by atoms with E-state index in [4.69, 9.17) is 0 Å². The summed E-state index contributed by atoms with van der Waals surface area (Å²) >= 11 is 3.48. The van der Waals surface area contributed by atoms with Gasteiger partial charge in [-0.25, -0.2) is 4.98 Å². The van der Waals surface area contributed by atoms with Gasteiger partial charge in [-0.1, -0.05) is 26.2 Å². The highest BCUT2D eigenvalue weighted by molar-refractivity contribution is 9.10. The lowest BCUT2D eigenvalue weighted by atomic mass is 9.84. The zero-order chi connectivity index (χ0) is 11.4. The molecule has 2 unspecified atom stereocenters. The quantitative estimate of drug-likeness (QED) is 0.840. The van der Waals surface area contributed by atoms with Crippen LogP contribution >= 0.6 is 15.9 Å². The monoisotopic (exact) mass is 282 g/mol. The van der Waals surface area contributed by atoms with Crippen LogP contribution in [0.1, 0.15) is 39.0 Å². The summed E-state index contributed by atoms with van der Waals surface area (Å²) in [7, 11) is 0. The second-order valence-corrected chi connectivity index (χ2v) is 5.38. The minimum atomic E-state index is 0.624. The van der Waals surface area contributed by atoms with Crippen LogP contribution in [0.2, 0.25) is 0 Å². The Balaban J connectivity index is 1.97. The fraction of sp³-hybridized carbons (Fsp3) is 0.615. The Labute approximate surface area is 106 Å². The molecule has 0 amide bonds. The Bertz CT molecular complexity index is 340. The van der Waals surface area contributed by atoms with Crippen LogP contribution in [0.3, 0.4) is 0 Å². The average molecular weight is 283 g/mol. The Morgan fingerprint density at radius 1 is 1.50 bits per heavy atom. The molecule has 0 radical (unpaired) electrons. The number of hydrogen-bond acceptors (Lipinski definition) is 2. The second-order valence-electron chi connectivity index (χ2n) is 4.62. The van der Waals surface area contributed by atoms with E-state index >= 15 is 0 Å². The number of rotatable bonds is 3. The van der Waals surface area contributed by atoms with E-state index in [-0.39, 0.29) is 0 Å². The normalized spacial score (nSPS) is 25.4. The van der Waals surface area contributed by atoms with Crippen LogP contribution in [0, 0.1) is 5.92 Å². The summed E-state index contributed by atoms with van der Waals surface area (Å²) < 4.78 is 0.925. The molecule has 0 aliphatic heterocycles. The van der Waals surface area contributed by atoms with E-state index in [1.807, 2.05) is 12.3 Å². The molecule has 2 nitrogen and oxygen atoms in total. The average Bonchev–Trinajstić information content (AvgIpc) is 2.32. The van der Waals surface area contributed by atoms with Crippen molar-refractivity contribution in [3.8, 4) is 0 Å². The van der Waals surface area contributed by atoms with Crippen LogP contribution < -0.4 is 5.32 Å². The zero-order valence-electron chi connectivity index (χ0n) is 9.75. The van der Waals surface area contributed by atoms with Gasteiger partial charge < -0.3 is 5.32 Å². The lowest BCUT2D eigenvalue weighted by Gasteiger charge is -2.30. The minimum Gasteiger partial charge on any atom is -0.380 e. The van der Waals surface area contributed by atoms with Crippen molar-refractivity contribution in [2.75, 3.05) is 5.32 Å². The Hall–Kier alpha value is -0.570. The van der Waals surface area contributed by atoms with Gasteiger partial charge in [-0.05, 0) is 46.8 Å². The summed E-state index contributed by atoms with van der Waals surface area (Å²) in [6.45, 7) is 2.30. The summed E-state index contributed by atoms with van der Waals surface area (Å²) in [6.07, 6.45) is 8.48. The number of halogens is 1. The van der Waals surface area contributed by atoms with Crippen molar-refractivity contribution in [2.24, 2.45) is 5.92 Å². The lowest BCUT2D eigenvalue weighted by Crippen LogP contribution is -2.27. The highest BCUT2D eigenvalue weighted by Gasteiger charge is 2.20. The maximum absolute atomic E-state index is 4.24. The Morgan fingerprint density at radius 2 is 2.38 bits per heavy atom. The van der Waals surface area contributed by atoms with Crippen LogP contribution in [-0.2, 0) is 0 Å². The predicted molar refractivity (Wildman–Crippen MR) is 71.6 cm³/mol. The van der Waals surface area contributed by atoms with Crippen molar-refractivity contribution < 1.29 is 0 Å². The van der Waals surface area contributed by atoms with Crippen LogP contribution in [0.5, 0.6) is 0 Å². The molecule has 0 spiro atoms. The first-order chi connectivity index (χ1) is 7.79. The summed E-state index contributed by atoms with van der Waals surface area (Å²) in [5.74, 6) is 0.904. The predicted octanol–water partition coefficient (Wildman–Crippen LogP) is 4.22. The van der Waals surface area contributed by atoms with Crippen molar-refractivity contribution in [1.29, 1.82) is 0 Å². The summed E-state index contributed by atoms with van der Waals surface area (Å²) in [5.41, 5.74) is 1.13. The highest BCUT2D eigenvalue weighted by atomic mass is 79.9. The van der Waals surface area contributed by atoms with Crippen LogP contribution in [0.15, 0.2) is 22.9 Å². The maximum Gasteiger partial charge on any atom is 0.129 e. The molecule has 1 aliphatic rings. The number of nitrogens with zero attached hydrogens (tertiary/aromatic N) is 1. The van der Waals surface area contributed by atoms with Gasteiger partial charge in [0, 0.05) is 12.2 Å². The summed E-state index contributed by atoms with van der Waals surface area (Å²) in [6, 6.07) is 4.69. The molecule has 2 rings (SSSR count). The molecule has 1 heterocycles. The number of aromatic nitrogens is 1. The molecule has 1 saturated carbocycles. The first-order valence-corrected chi connectivity index (χ1v) is 6.96. The van der Waals surface area contributed by atoms with E-state index in [1.165, 1.54) is 32.1 Å². The van der Waals surface area contributed by atoms with E-state index in [0.717, 1.165) is 16.2 Å². The molecule has 1 aliphatic carbocycles. The van der Waals surface area contributed by atoms with E-state index in [9.17, 15) is 0 Å². The topological polar surface area (TPSA) is 24.9 Å². The van der Waals surface area contributed by atoms with Gasteiger partial charge in [0.15, 0.2) is 0 Å². The lowest BCUT2D eigenvalue weighted by molar-refractivity contribution is 0.327. The molecule has 1 N–H and O–H groups in total. The third-order valence-corrected chi connectivity index (χ3v) is 4.11. The second kappa shape index (κ2) is 5.67. The van der Waals surface area contributed by atoms with Gasteiger partial charge in [-0.3, -0.25) is 0 Å². The minimum absolute atomic E-state index is 0.624. The molecule has 3 heteroatoms. The molecule has 2 atom stereocenters. The van der Waals surface area contributed by atoms with Crippen molar-refractivity contribution in [3.05, 3.63) is 22.9 Å². The van der Waals surface area contributed by atoms with Gasteiger partial charge in [0.25, 0.3) is 0 Å². The van der Waals surface area contributed by atoms with Gasteiger partial charge in [0.1, 0.15) is 4.60 Å². The van der Waals surface area contributed by atoms with Gasteiger partial charge in [-0.15, -0.1) is 0 Å².